The van der Waals surface area contributed by atoms with Gasteiger partial charge in [-0.15, -0.1) is 0 Å². The molecule has 0 spiro atoms. The first kappa shape index (κ1) is 18.0. The predicted molar refractivity (Wildman–Crippen MR) is 109 cm³/mol. The molecule has 0 aliphatic carbocycles. The van der Waals surface area contributed by atoms with Gasteiger partial charge in [0.25, 0.3) is 5.56 Å². The Bertz CT molecular complexity index is 1210. The van der Waals surface area contributed by atoms with Crippen molar-refractivity contribution in [3.8, 4) is 10.6 Å². The molecule has 1 aromatic carbocycles. The highest BCUT2D eigenvalue weighted by atomic mass is 32.1. The molecule has 28 heavy (non-hydrogen) atoms. The van der Waals surface area contributed by atoms with Crippen molar-refractivity contribution < 1.29 is 4.79 Å². The normalized spacial score (nSPS) is 10.9. The molecule has 1 amide bonds. The molecule has 140 valence electrons. The van der Waals surface area contributed by atoms with Gasteiger partial charge >= 0.3 is 0 Å². The van der Waals surface area contributed by atoms with Crippen LogP contribution in [-0.4, -0.2) is 25.7 Å². The highest BCUT2D eigenvalue weighted by molar-refractivity contribution is 7.21. The average Bonchev–Trinajstić information content (AvgIpc) is 3.10. The molecular weight excluding hydrogens is 374 g/mol. The highest BCUT2D eigenvalue weighted by Gasteiger charge is 2.12. The zero-order valence-electron chi connectivity index (χ0n) is 15.3. The molecule has 0 unspecified atom stereocenters. The van der Waals surface area contributed by atoms with Crippen molar-refractivity contribution in [2.75, 3.05) is 5.32 Å². The molecule has 3 heterocycles. The second-order valence-corrected chi connectivity index (χ2v) is 7.37. The third-order valence-electron chi connectivity index (χ3n) is 4.22. The van der Waals surface area contributed by atoms with E-state index in [4.69, 9.17) is 0 Å². The number of benzene rings is 1. The van der Waals surface area contributed by atoms with Gasteiger partial charge in [0, 0.05) is 23.5 Å². The number of carbonyl (C=O) groups excluding carboxylic acids is 1. The van der Waals surface area contributed by atoms with Crippen LogP contribution in [0.3, 0.4) is 0 Å². The number of rotatable bonds is 4. The fourth-order valence-corrected chi connectivity index (χ4v) is 3.68. The van der Waals surface area contributed by atoms with E-state index in [1.54, 1.807) is 19.2 Å². The molecule has 0 saturated heterocycles. The van der Waals surface area contributed by atoms with Gasteiger partial charge in [0.15, 0.2) is 0 Å². The van der Waals surface area contributed by atoms with Crippen molar-refractivity contribution in [3.05, 3.63) is 70.3 Å². The smallest absolute Gasteiger partial charge is 0.267 e. The zero-order chi connectivity index (χ0) is 19.7. The Balaban J connectivity index is 1.59. The van der Waals surface area contributed by atoms with Crippen LogP contribution in [-0.2, 0) is 11.3 Å². The Morgan fingerprint density at radius 2 is 2.04 bits per heavy atom. The fraction of sp³-hybridized carbons (Fsp3) is 0.150. The molecule has 0 atom stereocenters. The lowest BCUT2D eigenvalue weighted by Crippen LogP contribution is -2.29. The molecule has 4 rings (SSSR count). The standard InChI is InChI=1S/C20H17N5O2S/c1-12-5-7-14(19-23-15-4-3-9-21-20(15)28-19)10-16(12)22-17(26)11-25-18(27)8-6-13(2)24-25/h3-10H,11H2,1-2H3,(H,22,26). The number of thiazole rings is 1. The molecule has 4 aromatic rings. The third-order valence-corrected chi connectivity index (χ3v) is 5.25. The Morgan fingerprint density at radius 1 is 1.18 bits per heavy atom. The van der Waals surface area contributed by atoms with Gasteiger partial charge in [-0.1, -0.05) is 23.5 Å². The third kappa shape index (κ3) is 3.67. The molecule has 3 aromatic heterocycles. The minimum atomic E-state index is -0.314. The summed E-state index contributed by atoms with van der Waals surface area (Å²) in [5.41, 5.74) is 3.70. The number of fused-ring (bicyclic) bond motifs is 1. The molecule has 0 radical (unpaired) electrons. The predicted octanol–water partition coefficient (Wildman–Crippen LogP) is 3.17. The van der Waals surface area contributed by atoms with Crippen LogP contribution in [0, 0.1) is 13.8 Å². The van der Waals surface area contributed by atoms with Gasteiger partial charge in [-0.3, -0.25) is 9.59 Å². The summed E-state index contributed by atoms with van der Waals surface area (Å²) < 4.78 is 1.16. The fourth-order valence-electron chi connectivity index (χ4n) is 2.77. The van der Waals surface area contributed by atoms with Gasteiger partial charge < -0.3 is 5.32 Å². The summed E-state index contributed by atoms with van der Waals surface area (Å²) in [7, 11) is 0. The summed E-state index contributed by atoms with van der Waals surface area (Å²) >= 11 is 1.50. The molecular formula is C20H17N5O2S. The van der Waals surface area contributed by atoms with Crippen LogP contribution in [0.1, 0.15) is 11.3 Å². The van der Waals surface area contributed by atoms with Crippen LogP contribution in [0.15, 0.2) is 53.5 Å². The van der Waals surface area contributed by atoms with E-state index in [1.165, 1.54) is 17.4 Å². The van der Waals surface area contributed by atoms with Gasteiger partial charge in [-0.2, -0.15) is 5.10 Å². The number of amides is 1. The first-order chi connectivity index (χ1) is 13.5. The number of pyridine rings is 1. The maximum atomic E-state index is 12.5. The summed E-state index contributed by atoms with van der Waals surface area (Å²) in [5.74, 6) is -0.314. The van der Waals surface area contributed by atoms with Gasteiger partial charge in [0.05, 0.1) is 5.69 Å². The minimum absolute atomic E-state index is 0.144. The van der Waals surface area contributed by atoms with E-state index in [0.717, 1.165) is 31.2 Å². The number of aryl methyl sites for hydroxylation is 2. The number of nitrogens with one attached hydrogen (secondary N) is 1. The summed E-state index contributed by atoms with van der Waals surface area (Å²) in [5, 5.41) is 7.80. The monoisotopic (exact) mass is 391 g/mol. The summed E-state index contributed by atoms with van der Waals surface area (Å²) in [6, 6.07) is 12.6. The molecule has 8 heteroatoms. The van der Waals surface area contributed by atoms with Crippen molar-refractivity contribution in [1.82, 2.24) is 19.7 Å². The second kappa shape index (κ2) is 7.32. The number of nitrogens with zero attached hydrogens (tertiary/aromatic N) is 4. The summed E-state index contributed by atoms with van der Waals surface area (Å²) in [6.45, 7) is 3.54. The Morgan fingerprint density at radius 3 is 2.86 bits per heavy atom. The molecule has 0 saturated carbocycles. The Labute approximate surface area is 164 Å². The van der Waals surface area contributed by atoms with Gasteiger partial charge in [-0.05, 0) is 43.7 Å². The number of anilines is 1. The van der Waals surface area contributed by atoms with E-state index >= 15 is 0 Å². The number of hydrogen-bond acceptors (Lipinski definition) is 6. The number of hydrogen-bond donors (Lipinski definition) is 1. The number of aromatic nitrogens is 4. The maximum absolute atomic E-state index is 12.5. The quantitative estimate of drug-likeness (QED) is 0.577. The molecule has 0 aliphatic heterocycles. The van der Waals surface area contributed by atoms with Gasteiger partial charge in [-0.25, -0.2) is 14.6 Å². The van der Waals surface area contributed by atoms with Crippen LogP contribution in [0.5, 0.6) is 0 Å². The van der Waals surface area contributed by atoms with Crippen LogP contribution < -0.4 is 10.9 Å². The maximum Gasteiger partial charge on any atom is 0.267 e. The van der Waals surface area contributed by atoms with Crippen molar-refractivity contribution in [2.24, 2.45) is 0 Å². The van der Waals surface area contributed by atoms with Crippen molar-refractivity contribution >= 4 is 33.3 Å². The van der Waals surface area contributed by atoms with E-state index in [0.29, 0.717) is 11.4 Å². The van der Waals surface area contributed by atoms with E-state index < -0.39 is 0 Å². The highest BCUT2D eigenvalue weighted by Crippen LogP contribution is 2.31. The van der Waals surface area contributed by atoms with E-state index in [2.05, 4.69) is 20.4 Å². The van der Waals surface area contributed by atoms with Crippen LogP contribution in [0.4, 0.5) is 5.69 Å². The minimum Gasteiger partial charge on any atom is -0.324 e. The molecule has 0 aliphatic rings. The van der Waals surface area contributed by atoms with E-state index in [9.17, 15) is 9.59 Å². The van der Waals surface area contributed by atoms with Crippen LogP contribution in [0.2, 0.25) is 0 Å². The lowest BCUT2D eigenvalue weighted by molar-refractivity contribution is -0.117. The number of carbonyl (C=O) groups is 1. The summed E-state index contributed by atoms with van der Waals surface area (Å²) in [6.07, 6.45) is 1.74. The van der Waals surface area contributed by atoms with Crippen LogP contribution >= 0.6 is 11.3 Å². The molecule has 1 N–H and O–H groups in total. The van der Waals surface area contributed by atoms with E-state index in [-0.39, 0.29) is 18.0 Å². The van der Waals surface area contributed by atoms with Crippen molar-refractivity contribution in [1.29, 1.82) is 0 Å². The SMILES string of the molecule is Cc1ccc(=O)n(CC(=O)Nc2cc(-c3nc4cccnc4s3)ccc2C)n1. The molecule has 7 nitrogen and oxygen atoms in total. The van der Waals surface area contributed by atoms with Gasteiger partial charge in [0.2, 0.25) is 5.91 Å². The topological polar surface area (TPSA) is 89.8 Å². The average molecular weight is 391 g/mol. The Kier molecular flexibility index (Phi) is 4.70. The van der Waals surface area contributed by atoms with Gasteiger partial charge in [0.1, 0.15) is 21.9 Å². The van der Waals surface area contributed by atoms with Crippen molar-refractivity contribution in [2.45, 2.75) is 20.4 Å². The largest absolute Gasteiger partial charge is 0.324 e. The zero-order valence-corrected chi connectivity index (χ0v) is 16.2. The lowest BCUT2D eigenvalue weighted by atomic mass is 10.1. The Hall–Kier alpha value is -3.39. The van der Waals surface area contributed by atoms with E-state index in [1.807, 2.05) is 37.3 Å². The lowest BCUT2D eigenvalue weighted by Gasteiger charge is -2.10. The summed E-state index contributed by atoms with van der Waals surface area (Å²) in [4.78, 5) is 34.1. The molecule has 0 fully saturated rings. The van der Waals surface area contributed by atoms with Crippen molar-refractivity contribution in [3.63, 3.8) is 0 Å². The molecule has 0 bridgehead atoms. The first-order valence-electron chi connectivity index (χ1n) is 8.67. The van der Waals surface area contributed by atoms with Crippen LogP contribution in [0.25, 0.3) is 20.9 Å². The first-order valence-corrected chi connectivity index (χ1v) is 9.48. The second-order valence-electron chi connectivity index (χ2n) is 6.40.